The van der Waals surface area contributed by atoms with Crippen LogP contribution in [0.4, 0.5) is 0 Å². The van der Waals surface area contributed by atoms with Crippen molar-refractivity contribution < 1.29 is 9.21 Å². The highest BCUT2D eigenvalue weighted by Crippen LogP contribution is 2.04. The van der Waals surface area contributed by atoms with Gasteiger partial charge >= 0.3 is 0 Å². The fourth-order valence-corrected chi connectivity index (χ4v) is 1.18. The molecule has 72 valence electrons. The van der Waals surface area contributed by atoms with Gasteiger partial charge in [-0.1, -0.05) is 0 Å². The van der Waals surface area contributed by atoms with Crippen molar-refractivity contribution in [2.45, 2.75) is 13.0 Å². The van der Waals surface area contributed by atoms with Gasteiger partial charge in [-0.25, -0.2) is 0 Å². The highest BCUT2D eigenvalue weighted by atomic mass is 35.5. The molecule has 0 radical (unpaired) electrons. The van der Waals surface area contributed by atoms with Crippen molar-refractivity contribution >= 4 is 17.5 Å². The molecule has 1 aromatic rings. The highest BCUT2D eigenvalue weighted by molar-refractivity contribution is 6.18. The Balaban J connectivity index is 2.41. The average Bonchev–Trinajstić information content (AvgIpc) is 2.57. The summed E-state index contributed by atoms with van der Waals surface area (Å²) in [5.41, 5.74) is 0.991. The van der Waals surface area contributed by atoms with Gasteiger partial charge in [0.1, 0.15) is 0 Å². The molecule has 0 fully saturated rings. The smallest absolute Gasteiger partial charge is 0.223 e. The Kier molecular flexibility index (Phi) is 3.83. The number of carbonyl (C=O) groups is 1. The molecule has 0 N–H and O–H groups in total. The van der Waals surface area contributed by atoms with Gasteiger partial charge in [0.05, 0.1) is 12.5 Å². The summed E-state index contributed by atoms with van der Waals surface area (Å²) in [7, 11) is 1.75. The first-order chi connectivity index (χ1) is 6.24. The first-order valence-corrected chi connectivity index (χ1v) is 4.58. The Hall–Kier alpha value is -0.960. The van der Waals surface area contributed by atoms with Gasteiger partial charge < -0.3 is 9.32 Å². The van der Waals surface area contributed by atoms with Crippen LogP contribution in [0.15, 0.2) is 23.0 Å². The van der Waals surface area contributed by atoms with E-state index in [4.69, 9.17) is 16.0 Å². The van der Waals surface area contributed by atoms with Crippen LogP contribution in [0.1, 0.15) is 12.0 Å². The first-order valence-electron chi connectivity index (χ1n) is 4.05. The lowest BCUT2D eigenvalue weighted by Gasteiger charge is -2.14. The van der Waals surface area contributed by atoms with Crippen LogP contribution in [0, 0.1) is 0 Å². The second-order valence-electron chi connectivity index (χ2n) is 2.82. The van der Waals surface area contributed by atoms with Crippen molar-refractivity contribution in [1.82, 2.24) is 4.90 Å². The molecule has 13 heavy (non-hydrogen) atoms. The fourth-order valence-electron chi connectivity index (χ4n) is 1.02. The summed E-state index contributed by atoms with van der Waals surface area (Å²) < 4.78 is 4.89. The summed E-state index contributed by atoms with van der Waals surface area (Å²) in [5.74, 6) is 0.422. The lowest BCUT2D eigenvalue weighted by Crippen LogP contribution is -2.25. The lowest BCUT2D eigenvalue weighted by molar-refractivity contribution is -0.129. The molecule has 0 bridgehead atoms. The molecule has 0 saturated heterocycles. The number of carbonyl (C=O) groups excluding carboxylic acids is 1. The number of halogens is 1. The Morgan fingerprint density at radius 3 is 3.00 bits per heavy atom. The van der Waals surface area contributed by atoms with Gasteiger partial charge in [-0.2, -0.15) is 0 Å². The van der Waals surface area contributed by atoms with E-state index in [0.29, 0.717) is 18.8 Å². The Labute approximate surface area is 82.3 Å². The Morgan fingerprint density at radius 1 is 1.69 bits per heavy atom. The molecule has 4 heteroatoms. The maximum atomic E-state index is 11.3. The first kappa shape index (κ1) is 10.1. The predicted molar refractivity (Wildman–Crippen MR) is 50.5 cm³/mol. The van der Waals surface area contributed by atoms with Crippen molar-refractivity contribution in [3.05, 3.63) is 24.2 Å². The third-order valence-electron chi connectivity index (χ3n) is 1.73. The minimum atomic E-state index is 0.0520. The van der Waals surface area contributed by atoms with Crippen molar-refractivity contribution in [3.63, 3.8) is 0 Å². The van der Waals surface area contributed by atoms with E-state index in [1.165, 1.54) is 0 Å². The Morgan fingerprint density at radius 2 is 2.46 bits per heavy atom. The van der Waals surface area contributed by atoms with Gasteiger partial charge in [-0.05, 0) is 6.07 Å². The third-order valence-corrected chi connectivity index (χ3v) is 1.92. The lowest BCUT2D eigenvalue weighted by atomic mass is 10.3. The number of furan rings is 1. The van der Waals surface area contributed by atoms with E-state index < -0.39 is 0 Å². The summed E-state index contributed by atoms with van der Waals surface area (Å²) in [6.45, 7) is 0.576. The molecule has 0 aromatic carbocycles. The maximum absolute atomic E-state index is 11.3. The van der Waals surface area contributed by atoms with Gasteiger partial charge in [0.25, 0.3) is 0 Å². The van der Waals surface area contributed by atoms with Gasteiger partial charge in [-0.15, -0.1) is 11.6 Å². The molecule has 0 aliphatic rings. The number of hydrogen-bond acceptors (Lipinski definition) is 2. The highest BCUT2D eigenvalue weighted by Gasteiger charge is 2.08. The van der Waals surface area contributed by atoms with E-state index in [1.54, 1.807) is 24.5 Å². The molecule has 3 nitrogen and oxygen atoms in total. The topological polar surface area (TPSA) is 33.5 Å². The van der Waals surface area contributed by atoms with E-state index in [2.05, 4.69) is 0 Å². The summed E-state index contributed by atoms with van der Waals surface area (Å²) in [6, 6.07) is 1.84. The van der Waals surface area contributed by atoms with Crippen molar-refractivity contribution in [1.29, 1.82) is 0 Å². The van der Waals surface area contributed by atoms with E-state index in [-0.39, 0.29) is 5.91 Å². The zero-order chi connectivity index (χ0) is 9.68. The molecule has 0 aliphatic carbocycles. The van der Waals surface area contributed by atoms with Crippen LogP contribution in [-0.4, -0.2) is 23.7 Å². The van der Waals surface area contributed by atoms with E-state index in [1.807, 2.05) is 6.07 Å². The molecule has 1 rings (SSSR count). The second kappa shape index (κ2) is 4.92. The largest absolute Gasteiger partial charge is 0.472 e. The molecule has 0 unspecified atom stereocenters. The molecular formula is C9H12ClNO2. The normalized spacial score (nSPS) is 10.0. The van der Waals surface area contributed by atoms with Crippen LogP contribution in [0.5, 0.6) is 0 Å². The molecule has 0 saturated carbocycles. The van der Waals surface area contributed by atoms with Crippen LogP contribution in [0.3, 0.4) is 0 Å². The molecular weight excluding hydrogens is 190 g/mol. The monoisotopic (exact) mass is 201 g/mol. The van der Waals surface area contributed by atoms with Crippen molar-refractivity contribution in [2.75, 3.05) is 12.9 Å². The molecule has 1 aromatic heterocycles. The third kappa shape index (κ3) is 3.11. The number of nitrogens with zero attached hydrogens (tertiary/aromatic N) is 1. The molecule has 1 heterocycles. The maximum Gasteiger partial charge on any atom is 0.223 e. The van der Waals surface area contributed by atoms with E-state index in [0.717, 1.165) is 5.56 Å². The van der Waals surface area contributed by atoms with Crippen LogP contribution in [0.25, 0.3) is 0 Å². The van der Waals surface area contributed by atoms with Crippen molar-refractivity contribution in [3.8, 4) is 0 Å². The van der Waals surface area contributed by atoms with Crippen LogP contribution in [-0.2, 0) is 11.3 Å². The van der Waals surface area contributed by atoms with Gasteiger partial charge in [0, 0.05) is 31.5 Å². The van der Waals surface area contributed by atoms with Crippen LogP contribution < -0.4 is 0 Å². The number of hydrogen-bond donors (Lipinski definition) is 0. The van der Waals surface area contributed by atoms with Crippen molar-refractivity contribution in [2.24, 2.45) is 0 Å². The molecule has 0 atom stereocenters. The number of rotatable bonds is 4. The minimum absolute atomic E-state index is 0.0520. The van der Waals surface area contributed by atoms with Crippen LogP contribution in [0.2, 0.25) is 0 Å². The number of amides is 1. The summed E-state index contributed by atoms with van der Waals surface area (Å²) >= 11 is 5.46. The quantitative estimate of drug-likeness (QED) is 0.697. The summed E-state index contributed by atoms with van der Waals surface area (Å²) in [5, 5.41) is 0. The average molecular weight is 202 g/mol. The fraction of sp³-hybridized carbons (Fsp3) is 0.444. The SMILES string of the molecule is CN(Cc1ccoc1)C(=O)CCCl. The van der Waals surface area contributed by atoms with E-state index >= 15 is 0 Å². The summed E-state index contributed by atoms with van der Waals surface area (Å²) in [4.78, 5) is 12.9. The van der Waals surface area contributed by atoms with Gasteiger partial charge in [-0.3, -0.25) is 4.79 Å². The second-order valence-corrected chi connectivity index (χ2v) is 3.20. The van der Waals surface area contributed by atoms with Gasteiger partial charge in [0.15, 0.2) is 0 Å². The zero-order valence-electron chi connectivity index (χ0n) is 7.50. The zero-order valence-corrected chi connectivity index (χ0v) is 8.25. The molecule has 1 amide bonds. The predicted octanol–water partition coefficient (Wildman–Crippen LogP) is 1.87. The Bertz CT molecular complexity index is 259. The summed E-state index contributed by atoms with van der Waals surface area (Å²) in [6.07, 6.45) is 3.61. The van der Waals surface area contributed by atoms with Gasteiger partial charge in [0.2, 0.25) is 5.91 Å². The van der Waals surface area contributed by atoms with E-state index in [9.17, 15) is 4.79 Å². The minimum Gasteiger partial charge on any atom is -0.472 e. The molecule has 0 spiro atoms. The molecule has 0 aliphatic heterocycles. The number of alkyl halides is 1. The standard InChI is InChI=1S/C9H12ClNO2/c1-11(9(12)2-4-10)6-8-3-5-13-7-8/h3,5,7H,2,4,6H2,1H3. The van der Waals surface area contributed by atoms with Crippen LogP contribution >= 0.6 is 11.6 Å².